The molecule has 0 spiro atoms. The first-order valence-corrected chi connectivity index (χ1v) is 58.2. The number of hydrogen-bond acceptors (Lipinski definition) is 10. The van der Waals surface area contributed by atoms with Crippen molar-refractivity contribution >= 4 is 36.2 Å². The van der Waals surface area contributed by atoms with Gasteiger partial charge < -0.3 is 37.9 Å². The first kappa shape index (κ1) is 121. The highest BCUT2D eigenvalue weighted by Crippen LogP contribution is 2.41. The molecule has 0 fully saturated rings. The van der Waals surface area contributed by atoms with E-state index in [0.29, 0.717) is 74.1 Å². The highest BCUT2D eigenvalue weighted by atomic mass is 16.6. The summed E-state index contributed by atoms with van der Waals surface area (Å²) in [4.78, 5) is 26.1. The van der Waals surface area contributed by atoms with Crippen molar-refractivity contribution in [2.75, 3.05) is 39.6 Å². The van der Waals surface area contributed by atoms with E-state index < -0.39 is 0 Å². The number of benzene rings is 3. The van der Waals surface area contributed by atoms with Gasteiger partial charge in [0.05, 0.1) is 39.6 Å². The van der Waals surface area contributed by atoms with Crippen molar-refractivity contribution in [1.29, 1.82) is 0 Å². The lowest BCUT2D eigenvalue weighted by Gasteiger charge is -2.18. The Balaban J connectivity index is 2.17. The fourth-order valence-electron chi connectivity index (χ4n) is 18.7. The number of unbranched alkanes of at least 4 members (excludes halogenated alkanes) is 78. The van der Waals surface area contributed by atoms with Crippen LogP contribution < -0.4 is 37.9 Å². The van der Waals surface area contributed by atoms with E-state index in [2.05, 4.69) is 78.0 Å². The Hall–Kier alpha value is -5.12. The van der Waals surface area contributed by atoms with Gasteiger partial charge in [-0.3, -0.25) is 9.59 Å². The molecule has 3 aromatic rings. The molecule has 0 aromatic heterocycles. The Morgan fingerprint density at radius 3 is 0.409 bits per heavy atom. The van der Waals surface area contributed by atoms with E-state index in [4.69, 9.17) is 37.9 Å². The normalized spacial score (nSPS) is 11.6. The molecule has 762 valence electrons. The Morgan fingerprint density at radius 1 is 0.159 bits per heavy atom. The third-order valence-electron chi connectivity index (χ3n) is 27.2. The highest BCUT2D eigenvalue weighted by molar-refractivity contribution is 5.82. The van der Waals surface area contributed by atoms with Crippen molar-refractivity contribution in [3.05, 3.63) is 58.7 Å². The summed E-state index contributed by atoms with van der Waals surface area (Å²) in [6.07, 6.45) is 117. The van der Waals surface area contributed by atoms with E-state index in [-0.39, 0.29) is 11.9 Å². The predicted molar refractivity (Wildman–Crippen MR) is 575 cm³/mol. The third-order valence-corrected chi connectivity index (χ3v) is 27.2. The van der Waals surface area contributed by atoms with Crippen LogP contribution in [0.15, 0.2) is 36.4 Å². The molecule has 3 aromatic carbocycles. The molecular weight excluding hydrogens is 1630 g/mol. The van der Waals surface area contributed by atoms with Crippen LogP contribution in [0.1, 0.15) is 617 Å². The van der Waals surface area contributed by atoms with Crippen LogP contribution in [0.5, 0.6) is 46.0 Å². The average Bonchev–Trinajstić information content (AvgIpc) is 0.809. The lowest BCUT2D eigenvalue weighted by Crippen LogP contribution is -2.07. The van der Waals surface area contributed by atoms with E-state index in [1.54, 1.807) is 0 Å². The van der Waals surface area contributed by atoms with Crippen LogP contribution in [0.25, 0.3) is 24.3 Å². The molecule has 0 unspecified atom stereocenters. The van der Waals surface area contributed by atoms with E-state index in [9.17, 15) is 9.59 Å². The maximum absolute atomic E-state index is 13.0. The minimum atomic E-state index is -0.388. The van der Waals surface area contributed by atoms with Crippen LogP contribution in [-0.2, 0) is 9.59 Å². The minimum absolute atomic E-state index is 0.388. The lowest BCUT2D eigenvalue weighted by atomic mass is 10.0. The molecule has 132 heavy (non-hydrogen) atoms. The number of hydrogen-bond donors (Lipinski definition) is 0. The zero-order chi connectivity index (χ0) is 94.5. The number of carbonyl (C=O) groups excluding carboxylic acids is 2. The molecule has 0 aliphatic carbocycles. The van der Waals surface area contributed by atoms with Gasteiger partial charge in [0, 0.05) is 48.2 Å². The summed E-state index contributed by atoms with van der Waals surface area (Å²) in [5.41, 5.74) is 3.50. The zero-order valence-electron chi connectivity index (χ0n) is 88.5. The van der Waals surface area contributed by atoms with Crippen LogP contribution in [0.3, 0.4) is 0 Å². The predicted octanol–water partition coefficient (Wildman–Crippen LogP) is 41.0. The van der Waals surface area contributed by atoms with Crippen molar-refractivity contribution in [3.63, 3.8) is 0 Å². The van der Waals surface area contributed by atoms with Crippen LogP contribution in [0.2, 0.25) is 0 Å². The smallest absolute Gasteiger partial charge is 0.308 e. The van der Waals surface area contributed by atoms with E-state index in [1.807, 2.05) is 24.3 Å². The Labute approximate surface area is 817 Å². The average molecular weight is 1840 g/mol. The van der Waals surface area contributed by atoms with Gasteiger partial charge in [0.2, 0.25) is 0 Å². The van der Waals surface area contributed by atoms with E-state index in [1.165, 1.54) is 476 Å². The fourth-order valence-corrected chi connectivity index (χ4v) is 18.7. The van der Waals surface area contributed by atoms with Crippen molar-refractivity contribution in [1.82, 2.24) is 0 Å². The van der Waals surface area contributed by atoms with Crippen molar-refractivity contribution < 1.29 is 47.5 Å². The molecule has 0 saturated carbocycles. The second kappa shape index (κ2) is 93.5. The quantitative estimate of drug-likeness (QED) is 0.0235. The topological polar surface area (TPSA) is 108 Å². The number of esters is 2. The first-order valence-electron chi connectivity index (χ1n) is 58.2. The SMILES string of the molecule is CCCCCCCCCCCCCCCCOc1cc(/C=C/c2cc(OCCCCCCCCCCCCCCCC)c(OC(C)=O)cc2OCCCCCCCCCCCCCCCC)c(OCCCCCCCCCCCCCCCC)cc1/C=C/c1cc(OCCCCCCCCCCCCCCCC)c(OC(C)=O)cc1OCCCCCCCCCCCCCCCC. The fraction of sp³-hybridized carbons (Fsp3) is 0.803. The van der Waals surface area contributed by atoms with Crippen molar-refractivity contribution in [2.45, 2.75) is 595 Å². The second-order valence-corrected chi connectivity index (χ2v) is 40.1. The summed E-state index contributed by atoms with van der Waals surface area (Å²) in [6.45, 7) is 20.1. The van der Waals surface area contributed by atoms with Crippen LogP contribution in [0.4, 0.5) is 0 Å². The summed E-state index contributed by atoms with van der Waals surface area (Å²) in [6, 6.07) is 12.2. The van der Waals surface area contributed by atoms with Gasteiger partial charge >= 0.3 is 11.9 Å². The molecule has 0 bridgehead atoms. The summed E-state index contributed by atoms with van der Waals surface area (Å²) in [7, 11) is 0. The molecule has 0 N–H and O–H groups in total. The lowest BCUT2D eigenvalue weighted by molar-refractivity contribution is -0.133. The molecule has 0 radical (unpaired) electrons. The Morgan fingerprint density at radius 2 is 0.273 bits per heavy atom. The molecule has 3 rings (SSSR count). The van der Waals surface area contributed by atoms with Crippen LogP contribution in [-0.4, -0.2) is 51.6 Å². The van der Waals surface area contributed by atoms with E-state index in [0.717, 1.165) is 111 Å². The molecule has 0 heterocycles. The zero-order valence-corrected chi connectivity index (χ0v) is 88.5. The minimum Gasteiger partial charge on any atom is -0.493 e. The summed E-state index contributed by atoms with van der Waals surface area (Å²) in [5, 5.41) is 0. The molecule has 0 saturated heterocycles. The van der Waals surface area contributed by atoms with Gasteiger partial charge in [-0.25, -0.2) is 0 Å². The van der Waals surface area contributed by atoms with Gasteiger partial charge in [0.25, 0.3) is 0 Å². The first-order chi connectivity index (χ1) is 65.2. The molecule has 10 nitrogen and oxygen atoms in total. The van der Waals surface area contributed by atoms with Crippen molar-refractivity contribution in [3.8, 4) is 46.0 Å². The van der Waals surface area contributed by atoms with Crippen molar-refractivity contribution in [2.24, 2.45) is 0 Å². The van der Waals surface area contributed by atoms with Gasteiger partial charge in [0.15, 0.2) is 23.0 Å². The van der Waals surface area contributed by atoms with Gasteiger partial charge in [-0.2, -0.15) is 0 Å². The van der Waals surface area contributed by atoms with Gasteiger partial charge in [-0.05, 0) is 62.8 Å². The highest BCUT2D eigenvalue weighted by Gasteiger charge is 2.20. The van der Waals surface area contributed by atoms with Gasteiger partial charge in [-0.1, -0.05) is 567 Å². The molecular formula is C122H214O10. The summed E-state index contributed by atoms with van der Waals surface area (Å²) in [5.74, 6) is 3.96. The molecule has 10 heteroatoms. The Bertz CT molecular complexity index is 2890. The van der Waals surface area contributed by atoms with Gasteiger partial charge in [-0.15, -0.1) is 0 Å². The maximum atomic E-state index is 13.0. The second-order valence-electron chi connectivity index (χ2n) is 40.1. The largest absolute Gasteiger partial charge is 0.493 e. The third kappa shape index (κ3) is 72.2. The number of rotatable bonds is 102. The summed E-state index contributed by atoms with van der Waals surface area (Å²) < 4.78 is 53.5. The molecule has 0 aliphatic heterocycles. The molecule has 0 atom stereocenters. The van der Waals surface area contributed by atoms with Crippen LogP contribution >= 0.6 is 0 Å². The number of ether oxygens (including phenoxy) is 8. The molecule has 0 aliphatic rings. The number of carbonyl (C=O) groups is 2. The van der Waals surface area contributed by atoms with Crippen LogP contribution in [0, 0.1) is 0 Å². The summed E-state index contributed by atoms with van der Waals surface area (Å²) >= 11 is 0. The van der Waals surface area contributed by atoms with E-state index >= 15 is 0 Å². The monoisotopic (exact) mass is 1840 g/mol. The molecule has 0 amide bonds. The Kier molecular flexibility index (Phi) is 85.8. The van der Waals surface area contributed by atoms with Gasteiger partial charge in [0.1, 0.15) is 23.0 Å². The maximum Gasteiger partial charge on any atom is 0.308 e. The standard InChI is InChI=1S/C122H214O10/c1-9-15-21-27-33-39-45-51-57-63-69-75-81-87-97-125-115-103-112(94-96-114-106-120(130-102-92-86-80-74-68-62-56-50-44-38-32-26-20-14-6)122(132-110(8)124)108-118(114)128-100-90-84-78-72-66-60-54-48-42-36-30-24-18-12-4)116(126-98-88-82-76-70-64-58-52-46-40-34-28-22-16-10-2)104-111(115)93-95-113-105-119(129-101-91-85-79-73-67-61-55-49-43-37-31-25-19-13-5)121(131-109(7)123)107-117(113)127-99-89-83-77-71-65-59-53-47-41-35-29-23-17-11-3/h93-96,103-108H,9-92,97-102H2,1-8H3/b95-93+,96-94+.